The fourth-order valence-electron chi connectivity index (χ4n) is 2.98. The van der Waals surface area contributed by atoms with E-state index < -0.39 is 11.6 Å². The zero-order chi connectivity index (χ0) is 18.7. The molecule has 0 aliphatic carbocycles. The number of carbonyl (C=O) groups excluding carboxylic acids is 1. The summed E-state index contributed by atoms with van der Waals surface area (Å²) >= 11 is 0. The Balaban J connectivity index is 1.54. The molecule has 1 N–H and O–H groups in total. The highest BCUT2D eigenvalue weighted by atomic mass is 19.1. The number of nitrogens with one attached hydrogen (secondary N) is 1. The summed E-state index contributed by atoms with van der Waals surface area (Å²) in [6.07, 6.45) is 1.45. The number of urea groups is 1. The molecule has 138 valence electrons. The lowest BCUT2D eigenvalue weighted by Gasteiger charge is -2.32. The standard InChI is InChI=1S/C20H22F2N2O2/c1-13-3-4-14(2)19(11-13)26-16-7-9-24(10-8-16)20(25)23-18-6-5-15(21)12-17(18)22/h3-6,11-12,16H,7-10H2,1-2H3,(H,23,25). The molecule has 2 amide bonds. The molecule has 0 aromatic heterocycles. The molecule has 1 fully saturated rings. The number of carbonyl (C=O) groups is 1. The van der Waals surface area contributed by atoms with Crippen LogP contribution in [0.1, 0.15) is 24.0 Å². The Bertz CT molecular complexity index is 802. The number of anilines is 1. The van der Waals surface area contributed by atoms with E-state index >= 15 is 0 Å². The summed E-state index contributed by atoms with van der Waals surface area (Å²) < 4.78 is 32.7. The summed E-state index contributed by atoms with van der Waals surface area (Å²) in [7, 11) is 0. The van der Waals surface area contributed by atoms with Crippen LogP contribution in [0.2, 0.25) is 0 Å². The summed E-state index contributed by atoms with van der Waals surface area (Å²) in [5.74, 6) is -0.585. The number of amides is 2. The molecule has 0 radical (unpaired) electrons. The Morgan fingerprint density at radius 2 is 1.85 bits per heavy atom. The van der Waals surface area contributed by atoms with Gasteiger partial charge < -0.3 is 15.0 Å². The SMILES string of the molecule is Cc1ccc(C)c(OC2CCN(C(=O)Nc3ccc(F)cc3F)CC2)c1. The van der Waals surface area contributed by atoms with Crippen molar-refractivity contribution in [3.8, 4) is 5.75 Å². The molecule has 0 saturated carbocycles. The molecule has 1 heterocycles. The third-order valence-corrected chi connectivity index (χ3v) is 4.54. The van der Waals surface area contributed by atoms with Gasteiger partial charge in [-0.1, -0.05) is 12.1 Å². The van der Waals surface area contributed by atoms with Crippen molar-refractivity contribution in [1.82, 2.24) is 4.90 Å². The van der Waals surface area contributed by atoms with Crippen LogP contribution in [0, 0.1) is 25.5 Å². The molecule has 26 heavy (non-hydrogen) atoms. The van der Waals surface area contributed by atoms with Gasteiger partial charge in [0.1, 0.15) is 23.5 Å². The van der Waals surface area contributed by atoms with Crippen LogP contribution in [0.4, 0.5) is 19.3 Å². The minimum atomic E-state index is -0.786. The molecule has 6 heteroatoms. The predicted molar refractivity (Wildman–Crippen MR) is 96.5 cm³/mol. The second kappa shape index (κ2) is 7.72. The lowest BCUT2D eigenvalue weighted by Crippen LogP contribution is -2.43. The van der Waals surface area contributed by atoms with E-state index in [1.807, 2.05) is 32.0 Å². The van der Waals surface area contributed by atoms with E-state index in [9.17, 15) is 13.6 Å². The first-order valence-electron chi connectivity index (χ1n) is 8.67. The number of hydrogen-bond donors (Lipinski definition) is 1. The Kier molecular flexibility index (Phi) is 5.40. The Morgan fingerprint density at radius 1 is 1.12 bits per heavy atom. The van der Waals surface area contributed by atoms with Crippen LogP contribution in [0.25, 0.3) is 0 Å². The molecular weight excluding hydrogens is 338 g/mol. The highest BCUT2D eigenvalue weighted by Gasteiger charge is 2.25. The number of likely N-dealkylation sites (tertiary alicyclic amines) is 1. The number of rotatable bonds is 3. The number of nitrogens with zero attached hydrogens (tertiary/aromatic N) is 1. The molecule has 1 saturated heterocycles. The van der Waals surface area contributed by atoms with Crippen LogP contribution in [-0.2, 0) is 0 Å². The third kappa shape index (κ3) is 4.31. The summed E-state index contributed by atoms with van der Waals surface area (Å²) in [5.41, 5.74) is 2.21. The van der Waals surface area contributed by atoms with Gasteiger partial charge in [-0.3, -0.25) is 0 Å². The van der Waals surface area contributed by atoms with Gasteiger partial charge in [0, 0.05) is 32.0 Å². The average molecular weight is 360 g/mol. The van der Waals surface area contributed by atoms with Gasteiger partial charge in [-0.25, -0.2) is 13.6 Å². The molecule has 0 atom stereocenters. The molecule has 1 aliphatic rings. The van der Waals surface area contributed by atoms with E-state index in [1.165, 1.54) is 6.07 Å². The fraction of sp³-hybridized carbons (Fsp3) is 0.350. The van der Waals surface area contributed by atoms with E-state index in [2.05, 4.69) is 5.32 Å². The minimum Gasteiger partial charge on any atom is -0.490 e. The van der Waals surface area contributed by atoms with Gasteiger partial charge in [0.25, 0.3) is 0 Å². The Morgan fingerprint density at radius 3 is 2.54 bits per heavy atom. The van der Waals surface area contributed by atoms with Crippen molar-refractivity contribution in [2.75, 3.05) is 18.4 Å². The number of benzene rings is 2. The van der Waals surface area contributed by atoms with Gasteiger partial charge in [-0.2, -0.15) is 0 Å². The second-order valence-corrected chi connectivity index (χ2v) is 6.63. The maximum Gasteiger partial charge on any atom is 0.321 e. The lowest BCUT2D eigenvalue weighted by atomic mass is 10.1. The van der Waals surface area contributed by atoms with Gasteiger partial charge in [0.15, 0.2) is 0 Å². The average Bonchev–Trinajstić information content (AvgIpc) is 2.61. The molecule has 1 aliphatic heterocycles. The van der Waals surface area contributed by atoms with Crippen LogP contribution in [-0.4, -0.2) is 30.1 Å². The van der Waals surface area contributed by atoms with Crippen LogP contribution < -0.4 is 10.1 Å². The van der Waals surface area contributed by atoms with Crippen LogP contribution in [0.3, 0.4) is 0 Å². The number of halogens is 2. The summed E-state index contributed by atoms with van der Waals surface area (Å²) in [4.78, 5) is 13.9. The normalized spacial score (nSPS) is 15.0. The zero-order valence-electron chi connectivity index (χ0n) is 14.9. The van der Waals surface area contributed by atoms with Crippen molar-refractivity contribution < 1.29 is 18.3 Å². The van der Waals surface area contributed by atoms with Gasteiger partial charge in [0.05, 0.1) is 5.69 Å². The smallest absolute Gasteiger partial charge is 0.321 e. The first-order valence-corrected chi connectivity index (χ1v) is 8.67. The molecule has 2 aromatic carbocycles. The molecule has 2 aromatic rings. The maximum atomic E-state index is 13.7. The van der Waals surface area contributed by atoms with Crippen LogP contribution in [0.15, 0.2) is 36.4 Å². The monoisotopic (exact) mass is 360 g/mol. The second-order valence-electron chi connectivity index (χ2n) is 6.63. The number of ether oxygens (including phenoxy) is 1. The van der Waals surface area contributed by atoms with Gasteiger partial charge in [-0.15, -0.1) is 0 Å². The maximum absolute atomic E-state index is 13.7. The van der Waals surface area contributed by atoms with Crippen molar-refractivity contribution >= 4 is 11.7 Å². The van der Waals surface area contributed by atoms with Crippen molar-refractivity contribution in [2.24, 2.45) is 0 Å². The number of aryl methyl sites for hydroxylation is 2. The third-order valence-electron chi connectivity index (χ3n) is 4.54. The van der Waals surface area contributed by atoms with E-state index in [0.717, 1.165) is 29.0 Å². The molecule has 0 unspecified atom stereocenters. The number of hydrogen-bond acceptors (Lipinski definition) is 2. The quantitative estimate of drug-likeness (QED) is 0.865. The van der Waals surface area contributed by atoms with E-state index in [1.54, 1.807) is 4.90 Å². The van der Waals surface area contributed by atoms with Crippen LogP contribution in [0.5, 0.6) is 5.75 Å². The van der Waals surface area contributed by atoms with Crippen molar-refractivity contribution in [1.29, 1.82) is 0 Å². The van der Waals surface area contributed by atoms with Gasteiger partial charge in [0.2, 0.25) is 0 Å². The molecule has 0 bridgehead atoms. The molecule has 0 spiro atoms. The first-order chi connectivity index (χ1) is 12.4. The Labute approximate surface area is 151 Å². The van der Waals surface area contributed by atoms with Crippen LogP contribution >= 0.6 is 0 Å². The summed E-state index contributed by atoms with van der Waals surface area (Å²) in [5, 5.41) is 2.49. The van der Waals surface area contributed by atoms with Crippen molar-refractivity contribution in [2.45, 2.75) is 32.8 Å². The van der Waals surface area contributed by atoms with Gasteiger partial charge in [-0.05, 0) is 43.2 Å². The van der Waals surface area contributed by atoms with Crippen molar-refractivity contribution in [3.05, 3.63) is 59.2 Å². The predicted octanol–water partition coefficient (Wildman–Crippen LogP) is 4.66. The topological polar surface area (TPSA) is 41.6 Å². The minimum absolute atomic E-state index is 0.0230. The van der Waals surface area contributed by atoms with E-state index in [-0.39, 0.29) is 17.8 Å². The lowest BCUT2D eigenvalue weighted by molar-refractivity contribution is 0.115. The molecule has 3 rings (SSSR count). The molecule has 4 nitrogen and oxygen atoms in total. The first kappa shape index (κ1) is 18.2. The van der Waals surface area contributed by atoms with E-state index in [0.29, 0.717) is 25.9 Å². The number of piperidine rings is 1. The fourth-order valence-corrected chi connectivity index (χ4v) is 2.98. The molecular formula is C20H22F2N2O2. The van der Waals surface area contributed by atoms with Crippen molar-refractivity contribution in [3.63, 3.8) is 0 Å². The largest absolute Gasteiger partial charge is 0.490 e. The summed E-state index contributed by atoms with van der Waals surface area (Å²) in [6.45, 7) is 5.07. The summed E-state index contributed by atoms with van der Waals surface area (Å²) in [6, 6.07) is 8.79. The van der Waals surface area contributed by atoms with E-state index in [4.69, 9.17) is 4.74 Å². The van der Waals surface area contributed by atoms with Gasteiger partial charge >= 0.3 is 6.03 Å². The Hall–Kier alpha value is -2.63. The zero-order valence-corrected chi connectivity index (χ0v) is 14.9. The highest BCUT2D eigenvalue weighted by molar-refractivity contribution is 5.89. The highest BCUT2D eigenvalue weighted by Crippen LogP contribution is 2.24.